The van der Waals surface area contributed by atoms with Crippen LogP contribution >= 0.6 is 0 Å². The van der Waals surface area contributed by atoms with Crippen molar-refractivity contribution in [3.05, 3.63) is 28.6 Å². The largest absolute Gasteiger partial charge is 0.486 e. The minimum absolute atomic E-state index is 0.0349. The number of aromatic nitrogens is 4. The molecular weight excluding hydrogens is 274 g/mol. The van der Waals surface area contributed by atoms with Gasteiger partial charge < -0.3 is 20.2 Å². The van der Waals surface area contributed by atoms with Gasteiger partial charge in [0.2, 0.25) is 5.95 Å². The Hall–Kier alpha value is -3.03. The molecule has 1 aliphatic rings. The summed E-state index contributed by atoms with van der Waals surface area (Å²) in [6.07, 6.45) is 0. The number of nitrogens with zero attached hydrogens (tertiary/aromatic N) is 2. The fourth-order valence-electron chi connectivity index (χ4n) is 2.25. The van der Waals surface area contributed by atoms with Crippen LogP contribution in [0.5, 0.6) is 11.5 Å². The molecule has 21 heavy (non-hydrogen) atoms. The second-order valence-corrected chi connectivity index (χ2v) is 4.59. The maximum atomic E-state index is 11.8. The summed E-state index contributed by atoms with van der Waals surface area (Å²) in [5.41, 5.74) is 6.49. The first-order chi connectivity index (χ1) is 10.2. The van der Waals surface area contributed by atoms with Crippen LogP contribution in [0, 0.1) is 0 Å². The number of anilines is 1. The number of nitrogen functional groups attached to an aromatic ring is 1. The van der Waals surface area contributed by atoms with Crippen molar-refractivity contribution in [2.24, 2.45) is 0 Å². The van der Waals surface area contributed by atoms with Gasteiger partial charge in [-0.2, -0.15) is 4.98 Å². The Kier molecular flexibility index (Phi) is 2.37. The van der Waals surface area contributed by atoms with E-state index in [9.17, 15) is 4.79 Å². The van der Waals surface area contributed by atoms with Crippen LogP contribution in [0.4, 0.5) is 5.95 Å². The molecule has 3 heterocycles. The van der Waals surface area contributed by atoms with Gasteiger partial charge in [-0.3, -0.25) is 9.78 Å². The molecule has 8 nitrogen and oxygen atoms in total. The van der Waals surface area contributed by atoms with Crippen molar-refractivity contribution in [2.45, 2.75) is 0 Å². The lowest BCUT2D eigenvalue weighted by molar-refractivity contribution is 0.171. The Morgan fingerprint density at radius 1 is 1.10 bits per heavy atom. The van der Waals surface area contributed by atoms with E-state index in [1.54, 1.807) is 0 Å². The minimum Gasteiger partial charge on any atom is -0.486 e. The fraction of sp³-hybridized carbons (Fsp3) is 0.154. The molecule has 2 aromatic heterocycles. The van der Waals surface area contributed by atoms with Crippen LogP contribution in [-0.2, 0) is 0 Å². The van der Waals surface area contributed by atoms with Crippen LogP contribution in [0.15, 0.2) is 23.0 Å². The molecule has 0 atom stereocenters. The summed E-state index contributed by atoms with van der Waals surface area (Å²) in [6.45, 7) is 1.05. The Balaban J connectivity index is 1.86. The van der Waals surface area contributed by atoms with Crippen LogP contribution in [0.2, 0.25) is 0 Å². The van der Waals surface area contributed by atoms with Crippen LogP contribution in [0.1, 0.15) is 0 Å². The van der Waals surface area contributed by atoms with E-state index in [4.69, 9.17) is 15.2 Å². The van der Waals surface area contributed by atoms with E-state index in [-0.39, 0.29) is 22.7 Å². The first-order valence-electron chi connectivity index (χ1n) is 6.36. The lowest BCUT2D eigenvalue weighted by atomic mass is 10.2. The normalized spacial score (nSPS) is 13.5. The highest BCUT2D eigenvalue weighted by Gasteiger charge is 2.15. The van der Waals surface area contributed by atoms with Crippen molar-refractivity contribution in [3.63, 3.8) is 0 Å². The number of fused-ring (bicyclic) bond motifs is 2. The van der Waals surface area contributed by atoms with E-state index in [1.807, 2.05) is 18.2 Å². The zero-order valence-electron chi connectivity index (χ0n) is 10.8. The molecule has 0 saturated carbocycles. The van der Waals surface area contributed by atoms with Crippen LogP contribution in [0.25, 0.3) is 22.6 Å². The van der Waals surface area contributed by atoms with E-state index in [1.165, 1.54) is 0 Å². The van der Waals surface area contributed by atoms with Gasteiger partial charge in [-0.05, 0) is 18.2 Å². The van der Waals surface area contributed by atoms with Crippen LogP contribution in [-0.4, -0.2) is 33.1 Å². The molecule has 0 fully saturated rings. The molecule has 0 spiro atoms. The molecule has 1 aliphatic heterocycles. The third kappa shape index (κ3) is 1.88. The first kappa shape index (κ1) is 11.8. The SMILES string of the molecule is Nc1nc2nc(-c3ccc4c(c3)OCCO4)[nH]c2c(=O)[nH]1. The molecule has 8 heteroatoms. The quantitative estimate of drug-likeness (QED) is 0.604. The zero-order valence-corrected chi connectivity index (χ0v) is 10.8. The number of nitrogens with one attached hydrogen (secondary N) is 2. The number of nitrogens with two attached hydrogens (primary N) is 1. The molecule has 4 rings (SSSR count). The van der Waals surface area contributed by atoms with Gasteiger partial charge in [-0.15, -0.1) is 0 Å². The Morgan fingerprint density at radius 2 is 1.90 bits per heavy atom. The second-order valence-electron chi connectivity index (χ2n) is 4.59. The Labute approximate surface area is 117 Å². The number of benzene rings is 1. The number of H-pyrrole nitrogens is 2. The van der Waals surface area contributed by atoms with E-state index in [2.05, 4.69) is 19.9 Å². The van der Waals surface area contributed by atoms with Gasteiger partial charge >= 0.3 is 0 Å². The number of aromatic amines is 2. The summed E-state index contributed by atoms with van der Waals surface area (Å²) in [6, 6.07) is 5.45. The third-order valence-electron chi connectivity index (χ3n) is 3.20. The van der Waals surface area contributed by atoms with Crippen molar-refractivity contribution < 1.29 is 9.47 Å². The summed E-state index contributed by atoms with van der Waals surface area (Å²) >= 11 is 0. The van der Waals surface area contributed by atoms with Gasteiger partial charge in [0.15, 0.2) is 22.7 Å². The van der Waals surface area contributed by atoms with Crippen molar-refractivity contribution in [1.29, 1.82) is 0 Å². The Morgan fingerprint density at radius 3 is 2.76 bits per heavy atom. The average Bonchev–Trinajstić information content (AvgIpc) is 2.91. The van der Waals surface area contributed by atoms with Crippen molar-refractivity contribution >= 4 is 17.1 Å². The minimum atomic E-state index is -0.353. The summed E-state index contributed by atoms with van der Waals surface area (Å²) in [5, 5.41) is 0. The zero-order chi connectivity index (χ0) is 14.4. The molecule has 1 aromatic carbocycles. The molecule has 0 bridgehead atoms. The summed E-state index contributed by atoms with van der Waals surface area (Å²) in [4.78, 5) is 25.4. The molecule has 106 valence electrons. The number of hydrogen-bond acceptors (Lipinski definition) is 6. The first-order valence-corrected chi connectivity index (χ1v) is 6.36. The highest BCUT2D eigenvalue weighted by atomic mass is 16.6. The molecule has 4 N–H and O–H groups in total. The van der Waals surface area contributed by atoms with Gasteiger partial charge in [0, 0.05) is 5.56 Å². The summed E-state index contributed by atoms with van der Waals surface area (Å²) in [5.74, 6) is 1.90. The summed E-state index contributed by atoms with van der Waals surface area (Å²) < 4.78 is 11.0. The Bertz CT molecular complexity index is 898. The van der Waals surface area contributed by atoms with Gasteiger partial charge in [-0.1, -0.05) is 0 Å². The monoisotopic (exact) mass is 285 g/mol. The highest BCUT2D eigenvalue weighted by molar-refractivity contribution is 5.76. The van der Waals surface area contributed by atoms with Gasteiger partial charge in [-0.25, -0.2) is 4.98 Å². The molecule has 0 unspecified atom stereocenters. The number of ether oxygens (including phenoxy) is 2. The number of imidazole rings is 1. The standard InChI is InChI=1S/C13H11N5O3/c14-13-17-11-9(12(19)18-13)15-10(16-11)6-1-2-7-8(5-6)21-4-3-20-7/h1-2,5H,3-4H2,(H4,14,15,16,17,18,19). The molecule has 0 aliphatic carbocycles. The molecule has 0 saturated heterocycles. The van der Waals surface area contributed by atoms with E-state index in [0.717, 1.165) is 5.56 Å². The van der Waals surface area contributed by atoms with Crippen molar-refractivity contribution in [2.75, 3.05) is 18.9 Å². The average molecular weight is 285 g/mol. The van der Waals surface area contributed by atoms with Gasteiger partial charge in [0.25, 0.3) is 5.56 Å². The number of rotatable bonds is 1. The van der Waals surface area contributed by atoms with Gasteiger partial charge in [0.05, 0.1) is 0 Å². The second kappa shape index (κ2) is 4.23. The summed E-state index contributed by atoms with van der Waals surface area (Å²) in [7, 11) is 0. The lowest BCUT2D eigenvalue weighted by Crippen LogP contribution is -2.15. The van der Waals surface area contributed by atoms with Gasteiger partial charge in [0.1, 0.15) is 19.0 Å². The predicted molar refractivity (Wildman–Crippen MR) is 75.3 cm³/mol. The third-order valence-corrected chi connectivity index (χ3v) is 3.20. The molecular formula is C13H11N5O3. The van der Waals surface area contributed by atoms with Crippen LogP contribution < -0.4 is 20.8 Å². The van der Waals surface area contributed by atoms with E-state index < -0.39 is 0 Å². The highest BCUT2D eigenvalue weighted by Crippen LogP contribution is 2.33. The fourth-order valence-corrected chi connectivity index (χ4v) is 2.25. The maximum absolute atomic E-state index is 11.8. The lowest BCUT2D eigenvalue weighted by Gasteiger charge is -2.18. The molecule has 3 aromatic rings. The van der Waals surface area contributed by atoms with E-state index in [0.29, 0.717) is 30.5 Å². The van der Waals surface area contributed by atoms with Crippen molar-refractivity contribution in [1.82, 2.24) is 19.9 Å². The smallest absolute Gasteiger partial charge is 0.278 e. The number of hydrogen-bond donors (Lipinski definition) is 3. The predicted octanol–water partition coefficient (Wildman–Crippen LogP) is 0.667. The molecule has 0 amide bonds. The molecule has 0 radical (unpaired) electrons. The van der Waals surface area contributed by atoms with E-state index >= 15 is 0 Å². The maximum Gasteiger partial charge on any atom is 0.278 e. The topological polar surface area (TPSA) is 119 Å². The van der Waals surface area contributed by atoms with Crippen LogP contribution in [0.3, 0.4) is 0 Å². The van der Waals surface area contributed by atoms with Crippen molar-refractivity contribution in [3.8, 4) is 22.9 Å².